The number of fused-ring (bicyclic) bond motifs is 1. The second-order valence-corrected chi connectivity index (χ2v) is 5.14. The van der Waals surface area contributed by atoms with E-state index >= 15 is 0 Å². The highest BCUT2D eigenvalue weighted by Gasteiger charge is 2.10. The lowest BCUT2D eigenvalue weighted by Gasteiger charge is -2.08. The van der Waals surface area contributed by atoms with E-state index in [4.69, 9.17) is 0 Å². The van der Waals surface area contributed by atoms with Gasteiger partial charge in [0.15, 0.2) is 0 Å². The fourth-order valence-electron chi connectivity index (χ4n) is 2.40. The summed E-state index contributed by atoms with van der Waals surface area (Å²) in [6.45, 7) is 2.48. The van der Waals surface area contributed by atoms with Gasteiger partial charge in [-0.05, 0) is 36.8 Å². The van der Waals surface area contributed by atoms with Crippen molar-refractivity contribution in [2.75, 3.05) is 0 Å². The SMILES string of the molecule is Cc1nc2ccccc2n1CC(=O)NCc1ccc(F)cc1. The monoisotopic (exact) mass is 297 g/mol. The number of amides is 1. The summed E-state index contributed by atoms with van der Waals surface area (Å²) in [5.74, 6) is 0.421. The molecule has 1 aromatic heterocycles. The van der Waals surface area contributed by atoms with Gasteiger partial charge in [0.1, 0.15) is 18.2 Å². The Labute approximate surface area is 127 Å². The maximum Gasteiger partial charge on any atom is 0.240 e. The molecule has 4 nitrogen and oxygen atoms in total. The Morgan fingerprint density at radius 3 is 2.68 bits per heavy atom. The molecule has 5 heteroatoms. The van der Waals surface area contributed by atoms with Crippen LogP contribution in [0.3, 0.4) is 0 Å². The summed E-state index contributed by atoms with van der Waals surface area (Å²) in [6.07, 6.45) is 0. The number of carbonyl (C=O) groups is 1. The number of hydrogen-bond acceptors (Lipinski definition) is 2. The average molecular weight is 297 g/mol. The van der Waals surface area contributed by atoms with Crippen LogP contribution in [0.15, 0.2) is 48.5 Å². The second kappa shape index (κ2) is 5.97. The first kappa shape index (κ1) is 14.3. The number of rotatable bonds is 4. The first-order valence-corrected chi connectivity index (χ1v) is 7.06. The van der Waals surface area contributed by atoms with Gasteiger partial charge in [-0.2, -0.15) is 0 Å². The fraction of sp³-hybridized carbons (Fsp3) is 0.176. The number of nitrogens with one attached hydrogen (secondary N) is 1. The van der Waals surface area contributed by atoms with Crippen LogP contribution in [0.5, 0.6) is 0 Å². The molecule has 0 atom stereocenters. The Balaban J connectivity index is 1.68. The number of nitrogens with zero attached hydrogens (tertiary/aromatic N) is 2. The molecule has 1 heterocycles. The Hall–Kier alpha value is -2.69. The molecule has 0 bridgehead atoms. The van der Waals surface area contributed by atoms with Crippen LogP contribution in [0.1, 0.15) is 11.4 Å². The highest BCUT2D eigenvalue weighted by Crippen LogP contribution is 2.15. The third kappa shape index (κ3) is 2.98. The minimum Gasteiger partial charge on any atom is -0.350 e. The van der Waals surface area contributed by atoms with Crippen molar-refractivity contribution >= 4 is 16.9 Å². The summed E-state index contributed by atoms with van der Waals surface area (Å²) in [7, 11) is 0. The number of aryl methyl sites for hydroxylation is 1. The minimum atomic E-state index is -0.282. The lowest BCUT2D eigenvalue weighted by molar-refractivity contribution is -0.121. The van der Waals surface area contributed by atoms with E-state index in [9.17, 15) is 9.18 Å². The summed E-state index contributed by atoms with van der Waals surface area (Å²) in [5, 5.41) is 2.84. The maximum absolute atomic E-state index is 12.8. The highest BCUT2D eigenvalue weighted by atomic mass is 19.1. The summed E-state index contributed by atoms with van der Waals surface area (Å²) < 4.78 is 14.7. The average Bonchev–Trinajstić information content (AvgIpc) is 2.83. The van der Waals surface area contributed by atoms with Crippen LogP contribution < -0.4 is 5.32 Å². The Morgan fingerprint density at radius 1 is 1.18 bits per heavy atom. The minimum absolute atomic E-state index is 0.101. The molecule has 0 saturated heterocycles. The lowest BCUT2D eigenvalue weighted by atomic mass is 10.2. The molecule has 1 amide bonds. The summed E-state index contributed by atoms with van der Waals surface area (Å²) in [6, 6.07) is 13.8. The number of carbonyl (C=O) groups excluding carboxylic acids is 1. The fourth-order valence-corrected chi connectivity index (χ4v) is 2.40. The molecule has 0 aliphatic carbocycles. The molecule has 0 fully saturated rings. The van der Waals surface area contributed by atoms with E-state index in [0.717, 1.165) is 22.4 Å². The number of hydrogen-bond donors (Lipinski definition) is 1. The molecule has 0 aliphatic rings. The molecule has 22 heavy (non-hydrogen) atoms. The van der Waals surface area contributed by atoms with Gasteiger partial charge in [-0.3, -0.25) is 4.79 Å². The van der Waals surface area contributed by atoms with Gasteiger partial charge in [-0.15, -0.1) is 0 Å². The van der Waals surface area contributed by atoms with Gasteiger partial charge >= 0.3 is 0 Å². The molecule has 0 unspecified atom stereocenters. The number of para-hydroxylation sites is 2. The predicted molar refractivity (Wildman–Crippen MR) is 82.7 cm³/mol. The normalized spacial score (nSPS) is 10.8. The quantitative estimate of drug-likeness (QED) is 0.805. The van der Waals surface area contributed by atoms with Crippen molar-refractivity contribution in [3.63, 3.8) is 0 Å². The van der Waals surface area contributed by atoms with Gasteiger partial charge in [0.05, 0.1) is 11.0 Å². The first-order chi connectivity index (χ1) is 10.6. The highest BCUT2D eigenvalue weighted by molar-refractivity contribution is 5.81. The van der Waals surface area contributed by atoms with Crippen molar-refractivity contribution in [1.82, 2.24) is 14.9 Å². The van der Waals surface area contributed by atoms with E-state index in [1.165, 1.54) is 12.1 Å². The van der Waals surface area contributed by atoms with Crippen molar-refractivity contribution in [2.24, 2.45) is 0 Å². The van der Waals surface area contributed by atoms with E-state index < -0.39 is 0 Å². The molecule has 0 radical (unpaired) electrons. The van der Waals surface area contributed by atoms with E-state index in [2.05, 4.69) is 10.3 Å². The van der Waals surface area contributed by atoms with Crippen LogP contribution in [0.25, 0.3) is 11.0 Å². The lowest BCUT2D eigenvalue weighted by Crippen LogP contribution is -2.27. The molecule has 0 aliphatic heterocycles. The standard InChI is InChI=1S/C17H16FN3O/c1-12-20-15-4-2-3-5-16(15)21(12)11-17(22)19-10-13-6-8-14(18)9-7-13/h2-9H,10-11H2,1H3,(H,19,22). The molecule has 3 rings (SSSR count). The van der Waals surface area contributed by atoms with Crippen molar-refractivity contribution in [2.45, 2.75) is 20.0 Å². The molecule has 1 N–H and O–H groups in total. The first-order valence-electron chi connectivity index (χ1n) is 7.06. The Kier molecular flexibility index (Phi) is 3.87. The van der Waals surface area contributed by atoms with E-state index in [1.54, 1.807) is 12.1 Å². The van der Waals surface area contributed by atoms with Crippen molar-refractivity contribution in [1.29, 1.82) is 0 Å². The third-order valence-corrected chi connectivity index (χ3v) is 3.55. The molecule has 0 spiro atoms. The third-order valence-electron chi connectivity index (χ3n) is 3.55. The van der Waals surface area contributed by atoms with Crippen molar-refractivity contribution in [3.05, 3.63) is 65.7 Å². The van der Waals surface area contributed by atoms with E-state index in [1.807, 2.05) is 35.8 Å². The zero-order valence-electron chi connectivity index (χ0n) is 12.2. The predicted octanol–water partition coefficient (Wildman–Crippen LogP) is 2.80. The van der Waals surface area contributed by atoms with E-state index in [-0.39, 0.29) is 18.3 Å². The number of benzene rings is 2. The summed E-state index contributed by atoms with van der Waals surface area (Å²) >= 11 is 0. The van der Waals surface area contributed by atoms with E-state index in [0.29, 0.717) is 6.54 Å². The molecule has 0 saturated carbocycles. The number of halogens is 1. The number of imidazole rings is 1. The molecular weight excluding hydrogens is 281 g/mol. The molecule has 3 aromatic rings. The Morgan fingerprint density at radius 2 is 1.91 bits per heavy atom. The van der Waals surface area contributed by atoms with Crippen LogP contribution >= 0.6 is 0 Å². The Bertz CT molecular complexity index is 808. The van der Waals surface area contributed by atoms with Gasteiger partial charge in [0.25, 0.3) is 0 Å². The van der Waals surface area contributed by atoms with Gasteiger partial charge in [0, 0.05) is 6.54 Å². The van der Waals surface area contributed by atoms with Crippen molar-refractivity contribution < 1.29 is 9.18 Å². The molecular formula is C17H16FN3O. The zero-order chi connectivity index (χ0) is 15.5. The number of aromatic nitrogens is 2. The van der Waals surface area contributed by atoms with Crippen LogP contribution in [0, 0.1) is 12.7 Å². The molecule has 2 aromatic carbocycles. The smallest absolute Gasteiger partial charge is 0.240 e. The van der Waals surface area contributed by atoms with Gasteiger partial charge in [0.2, 0.25) is 5.91 Å². The zero-order valence-corrected chi connectivity index (χ0v) is 12.2. The second-order valence-electron chi connectivity index (χ2n) is 5.14. The van der Waals surface area contributed by atoms with Crippen LogP contribution in [0.2, 0.25) is 0 Å². The van der Waals surface area contributed by atoms with Crippen LogP contribution in [-0.4, -0.2) is 15.5 Å². The molecule has 112 valence electrons. The van der Waals surface area contributed by atoms with Gasteiger partial charge < -0.3 is 9.88 Å². The van der Waals surface area contributed by atoms with Gasteiger partial charge in [-0.1, -0.05) is 24.3 Å². The maximum atomic E-state index is 12.8. The van der Waals surface area contributed by atoms with Crippen LogP contribution in [-0.2, 0) is 17.9 Å². The van der Waals surface area contributed by atoms with Crippen molar-refractivity contribution in [3.8, 4) is 0 Å². The topological polar surface area (TPSA) is 46.9 Å². The van der Waals surface area contributed by atoms with Crippen LogP contribution in [0.4, 0.5) is 4.39 Å². The van der Waals surface area contributed by atoms with Gasteiger partial charge in [-0.25, -0.2) is 9.37 Å². The summed E-state index contributed by atoms with van der Waals surface area (Å²) in [5.41, 5.74) is 2.69. The largest absolute Gasteiger partial charge is 0.350 e. The summed E-state index contributed by atoms with van der Waals surface area (Å²) in [4.78, 5) is 16.5.